The summed E-state index contributed by atoms with van der Waals surface area (Å²) in [5, 5.41) is 4.30. The van der Waals surface area contributed by atoms with Crippen LogP contribution in [0.4, 0.5) is 5.95 Å². The molecule has 2 aromatic heterocycles. The lowest BCUT2D eigenvalue weighted by Gasteiger charge is -2.00. The summed E-state index contributed by atoms with van der Waals surface area (Å²) in [5.74, 6) is 1.76. The zero-order valence-electron chi connectivity index (χ0n) is 9.38. The Labute approximate surface area is 93.6 Å². The molecule has 0 aliphatic heterocycles. The fourth-order valence-electron chi connectivity index (χ4n) is 1.42. The van der Waals surface area contributed by atoms with Crippen molar-refractivity contribution in [2.24, 2.45) is 0 Å². The van der Waals surface area contributed by atoms with Crippen molar-refractivity contribution in [3.05, 3.63) is 23.9 Å². The quantitative estimate of drug-likeness (QED) is 0.827. The maximum Gasteiger partial charge on any atom is 0.225 e. The highest BCUT2D eigenvalue weighted by Crippen LogP contribution is 2.09. The van der Waals surface area contributed by atoms with E-state index in [2.05, 4.69) is 27.0 Å². The van der Waals surface area contributed by atoms with E-state index in [1.54, 1.807) is 4.68 Å². The van der Waals surface area contributed by atoms with Gasteiger partial charge in [0.25, 0.3) is 0 Å². The molecule has 6 heteroatoms. The van der Waals surface area contributed by atoms with Crippen LogP contribution in [0.5, 0.6) is 0 Å². The molecule has 0 atom stereocenters. The molecule has 0 unspecified atom stereocenters. The lowest BCUT2D eigenvalue weighted by molar-refractivity contribution is 0.784. The predicted octanol–water partition coefficient (Wildman–Crippen LogP) is 0.900. The van der Waals surface area contributed by atoms with Gasteiger partial charge in [-0.05, 0) is 13.3 Å². The summed E-state index contributed by atoms with van der Waals surface area (Å²) in [6.07, 6.45) is 3.30. The van der Waals surface area contributed by atoms with Gasteiger partial charge >= 0.3 is 0 Å². The van der Waals surface area contributed by atoms with E-state index >= 15 is 0 Å². The standard InChI is InChI=1S/C10H14N6/c1-3-4-8-14-10(11)16(15-8)9-5-7(2)12-6-13-9/h5-6H,3-4H2,1-2H3,(H2,11,14,15). The van der Waals surface area contributed by atoms with E-state index < -0.39 is 0 Å². The van der Waals surface area contributed by atoms with Crippen molar-refractivity contribution in [2.75, 3.05) is 5.73 Å². The molecule has 84 valence electrons. The second-order valence-corrected chi connectivity index (χ2v) is 3.57. The van der Waals surface area contributed by atoms with E-state index in [1.807, 2.05) is 13.0 Å². The Morgan fingerprint density at radius 1 is 1.38 bits per heavy atom. The number of rotatable bonds is 3. The third kappa shape index (κ3) is 2.00. The molecule has 2 heterocycles. The summed E-state index contributed by atoms with van der Waals surface area (Å²) in [7, 11) is 0. The van der Waals surface area contributed by atoms with Gasteiger partial charge in [0.15, 0.2) is 11.6 Å². The van der Waals surface area contributed by atoms with Gasteiger partial charge in [-0.2, -0.15) is 9.67 Å². The second-order valence-electron chi connectivity index (χ2n) is 3.57. The van der Waals surface area contributed by atoms with Gasteiger partial charge < -0.3 is 5.73 Å². The van der Waals surface area contributed by atoms with Crippen LogP contribution >= 0.6 is 0 Å². The molecule has 2 N–H and O–H groups in total. The lowest BCUT2D eigenvalue weighted by Crippen LogP contribution is -2.05. The Hall–Kier alpha value is -1.98. The van der Waals surface area contributed by atoms with Crippen LogP contribution in [0.2, 0.25) is 0 Å². The smallest absolute Gasteiger partial charge is 0.225 e. The van der Waals surface area contributed by atoms with Gasteiger partial charge in [-0.3, -0.25) is 0 Å². The first-order chi connectivity index (χ1) is 7.70. The molecule has 0 aliphatic carbocycles. The summed E-state index contributed by atoms with van der Waals surface area (Å²) in [6.45, 7) is 3.97. The molecular formula is C10H14N6. The number of hydrogen-bond acceptors (Lipinski definition) is 5. The summed E-state index contributed by atoms with van der Waals surface area (Å²) >= 11 is 0. The Morgan fingerprint density at radius 3 is 2.88 bits per heavy atom. The first-order valence-corrected chi connectivity index (χ1v) is 5.21. The molecule has 0 spiro atoms. The third-order valence-electron chi connectivity index (χ3n) is 2.16. The molecule has 0 saturated carbocycles. The van der Waals surface area contributed by atoms with E-state index in [4.69, 9.17) is 5.73 Å². The van der Waals surface area contributed by atoms with Gasteiger partial charge in [0, 0.05) is 18.2 Å². The van der Waals surface area contributed by atoms with Crippen LogP contribution in [-0.2, 0) is 6.42 Å². The third-order valence-corrected chi connectivity index (χ3v) is 2.16. The molecular weight excluding hydrogens is 204 g/mol. The van der Waals surface area contributed by atoms with Crippen LogP contribution in [0.25, 0.3) is 5.82 Å². The molecule has 0 aliphatic rings. The summed E-state index contributed by atoms with van der Waals surface area (Å²) in [4.78, 5) is 12.3. The van der Waals surface area contributed by atoms with Crippen molar-refractivity contribution < 1.29 is 0 Å². The highest BCUT2D eigenvalue weighted by Gasteiger charge is 2.09. The average Bonchev–Trinajstić information content (AvgIpc) is 2.60. The fraction of sp³-hybridized carbons (Fsp3) is 0.400. The summed E-state index contributed by atoms with van der Waals surface area (Å²) in [6, 6.07) is 1.82. The van der Waals surface area contributed by atoms with E-state index in [0.29, 0.717) is 11.8 Å². The summed E-state index contributed by atoms with van der Waals surface area (Å²) in [5.41, 5.74) is 6.65. The van der Waals surface area contributed by atoms with Gasteiger partial charge in [0.05, 0.1) is 0 Å². The van der Waals surface area contributed by atoms with Crippen molar-refractivity contribution in [3.8, 4) is 5.82 Å². The molecule has 0 amide bonds. The van der Waals surface area contributed by atoms with E-state index in [1.165, 1.54) is 6.33 Å². The number of nitrogens with two attached hydrogens (primary N) is 1. The van der Waals surface area contributed by atoms with Gasteiger partial charge in [0.2, 0.25) is 5.95 Å². The van der Waals surface area contributed by atoms with Gasteiger partial charge in [-0.25, -0.2) is 9.97 Å². The van der Waals surface area contributed by atoms with Crippen LogP contribution in [-0.4, -0.2) is 24.7 Å². The molecule has 0 fully saturated rings. The van der Waals surface area contributed by atoms with Crippen LogP contribution in [0.1, 0.15) is 24.9 Å². The number of nitrogens with zero attached hydrogens (tertiary/aromatic N) is 5. The largest absolute Gasteiger partial charge is 0.368 e. The molecule has 0 radical (unpaired) electrons. The maximum atomic E-state index is 5.78. The molecule has 6 nitrogen and oxygen atoms in total. The maximum absolute atomic E-state index is 5.78. The van der Waals surface area contributed by atoms with Crippen molar-refractivity contribution in [3.63, 3.8) is 0 Å². The predicted molar refractivity (Wildman–Crippen MR) is 60.1 cm³/mol. The first kappa shape index (κ1) is 10.5. The molecule has 2 aromatic rings. The second kappa shape index (κ2) is 4.26. The molecule has 2 rings (SSSR count). The minimum atomic E-state index is 0.363. The number of anilines is 1. The van der Waals surface area contributed by atoms with E-state index in [9.17, 15) is 0 Å². The highest BCUT2D eigenvalue weighted by molar-refractivity contribution is 5.31. The Balaban J connectivity index is 2.40. The van der Waals surface area contributed by atoms with Gasteiger partial charge in [-0.1, -0.05) is 6.92 Å². The summed E-state index contributed by atoms with van der Waals surface area (Å²) < 4.78 is 1.54. The zero-order chi connectivity index (χ0) is 11.5. The highest BCUT2D eigenvalue weighted by atomic mass is 15.4. The van der Waals surface area contributed by atoms with Crippen LogP contribution in [0, 0.1) is 6.92 Å². The minimum absolute atomic E-state index is 0.363. The molecule has 16 heavy (non-hydrogen) atoms. The van der Waals surface area contributed by atoms with Crippen LogP contribution < -0.4 is 5.73 Å². The van der Waals surface area contributed by atoms with Crippen molar-refractivity contribution >= 4 is 5.95 Å². The van der Waals surface area contributed by atoms with Crippen molar-refractivity contribution in [2.45, 2.75) is 26.7 Å². The number of aryl methyl sites for hydroxylation is 2. The zero-order valence-corrected chi connectivity index (χ0v) is 9.38. The molecule has 0 saturated heterocycles. The van der Waals surface area contributed by atoms with E-state index in [-0.39, 0.29) is 0 Å². The van der Waals surface area contributed by atoms with Gasteiger partial charge in [0.1, 0.15) is 6.33 Å². The SMILES string of the molecule is CCCc1nc(N)n(-c2cc(C)ncn2)n1. The van der Waals surface area contributed by atoms with Crippen LogP contribution in [0.3, 0.4) is 0 Å². The monoisotopic (exact) mass is 218 g/mol. The molecule has 0 aromatic carbocycles. The lowest BCUT2D eigenvalue weighted by atomic mass is 10.3. The number of nitrogen functional groups attached to an aromatic ring is 1. The first-order valence-electron chi connectivity index (χ1n) is 5.21. The Bertz CT molecular complexity index is 490. The Morgan fingerprint density at radius 2 is 2.19 bits per heavy atom. The van der Waals surface area contributed by atoms with Gasteiger partial charge in [-0.15, -0.1) is 5.10 Å². The Kier molecular flexibility index (Phi) is 2.80. The molecule has 0 bridgehead atoms. The average molecular weight is 218 g/mol. The minimum Gasteiger partial charge on any atom is -0.368 e. The topological polar surface area (TPSA) is 82.5 Å². The number of hydrogen-bond donors (Lipinski definition) is 1. The van der Waals surface area contributed by atoms with E-state index in [0.717, 1.165) is 24.4 Å². The fourth-order valence-corrected chi connectivity index (χ4v) is 1.42. The van der Waals surface area contributed by atoms with Crippen molar-refractivity contribution in [1.82, 2.24) is 24.7 Å². The number of aromatic nitrogens is 5. The van der Waals surface area contributed by atoms with Crippen LogP contribution in [0.15, 0.2) is 12.4 Å². The normalized spacial score (nSPS) is 10.6. The van der Waals surface area contributed by atoms with Crippen molar-refractivity contribution in [1.29, 1.82) is 0 Å².